The maximum absolute atomic E-state index is 11.0. The molecule has 3 N–H and O–H groups in total. The summed E-state index contributed by atoms with van der Waals surface area (Å²) in [5.74, 6) is -0.823. The molecule has 0 spiro atoms. The van der Waals surface area contributed by atoms with Gasteiger partial charge in [-0.2, -0.15) is 0 Å². The number of carbonyl (C=O) groups is 1. The Bertz CT molecular complexity index is 1320. The number of benzene rings is 2. The van der Waals surface area contributed by atoms with Crippen LogP contribution in [0, 0.1) is 0 Å². The monoisotopic (exact) mass is 481 g/mol. The van der Waals surface area contributed by atoms with Gasteiger partial charge in [-0.1, -0.05) is 29.8 Å². The second-order valence-corrected chi connectivity index (χ2v) is 9.46. The number of carboxylic acid groups (broad SMARTS) is 1. The Morgan fingerprint density at radius 1 is 1.12 bits per heavy atom. The second-order valence-electron chi connectivity index (χ2n) is 8.12. The third kappa shape index (κ3) is 5.45. The summed E-state index contributed by atoms with van der Waals surface area (Å²) in [6.45, 7) is 0.832. The zero-order chi connectivity index (χ0) is 23.5. The number of H-pyrrole nitrogens is 1. The summed E-state index contributed by atoms with van der Waals surface area (Å²) in [5, 5.41) is 23.1. The van der Waals surface area contributed by atoms with Gasteiger partial charge in [-0.3, -0.25) is 4.79 Å². The lowest BCUT2D eigenvalue weighted by Gasteiger charge is -2.10. The number of thiophene rings is 1. The molecule has 0 saturated carbocycles. The maximum Gasteiger partial charge on any atom is 0.303 e. The van der Waals surface area contributed by atoms with Crippen LogP contribution in [0.15, 0.2) is 58.9 Å². The van der Waals surface area contributed by atoms with E-state index >= 15 is 0 Å². The minimum atomic E-state index is -0.833. The highest BCUT2D eigenvalue weighted by molar-refractivity contribution is 7.12. The van der Waals surface area contributed by atoms with Crippen LogP contribution in [0.25, 0.3) is 10.9 Å². The van der Waals surface area contributed by atoms with Crippen molar-refractivity contribution >= 4 is 51.2 Å². The Balaban J connectivity index is 1.81. The summed E-state index contributed by atoms with van der Waals surface area (Å²) in [6, 6.07) is 15.3. The Morgan fingerprint density at radius 2 is 1.88 bits per heavy atom. The second kappa shape index (κ2) is 9.79. The lowest BCUT2D eigenvalue weighted by Crippen LogP contribution is -2.10. The minimum Gasteiger partial charge on any atom is -0.494 e. The van der Waals surface area contributed by atoms with E-state index in [0.717, 1.165) is 28.1 Å². The SMILES string of the molecule is CN(C)Cc1ccc(N=C(c2cc(CCC(=O)O)cs2)c2c(O)[nH]c3cc(Cl)ccc23)cc1. The molecule has 4 rings (SSSR count). The summed E-state index contributed by atoms with van der Waals surface area (Å²) in [6.07, 6.45) is 0.501. The minimum absolute atomic E-state index is 0.00994. The fourth-order valence-corrected chi connectivity index (χ4v) is 4.80. The Kier molecular flexibility index (Phi) is 6.83. The summed E-state index contributed by atoms with van der Waals surface area (Å²) < 4.78 is 0. The molecule has 0 aliphatic rings. The van der Waals surface area contributed by atoms with Crippen molar-refractivity contribution in [1.29, 1.82) is 0 Å². The van der Waals surface area contributed by atoms with E-state index in [0.29, 0.717) is 28.2 Å². The quantitative estimate of drug-likeness (QED) is 0.276. The van der Waals surface area contributed by atoms with Crippen molar-refractivity contribution in [3.05, 3.63) is 80.5 Å². The number of rotatable bonds is 8. The van der Waals surface area contributed by atoms with Crippen LogP contribution in [0.5, 0.6) is 5.88 Å². The zero-order valence-corrected chi connectivity index (χ0v) is 19.9. The lowest BCUT2D eigenvalue weighted by molar-refractivity contribution is -0.136. The normalized spacial score (nSPS) is 12.1. The van der Waals surface area contributed by atoms with Gasteiger partial charge in [-0.05, 0) is 67.4 Å². The molecule has 33 heavy (non-hydrogen) atoms. The number of hydrogen-bond donors (Lipinski definition) is 3. The smallest absolute Gasteiger partial charge is 0.303 e. The molecule has 0 aliphatic carbocycles. The first-order valence-corrected chi connectivity index (χ1v) is 11.7. The zero-order valence-electron chi connectivity index (χ0n) is 18.3. The molecule has 0 unspecified atom stereocenters. The molecule has 0 bridgehead atoms. The van der Waals surface area contributed by atoms with Gasteiger partial charge >= 0.3 is 5.97 Å². The van der Waals surface area contributed by atoms with Crippen LogP contribution < -0.4 is 0 Å². The number of aryl methyl sites for hydroxylation is 1. The number of hydrogen-bond acceptors (Lipinski definition) is 5. The number of fused-ring (bicyclic) bond motifs is 1. The highest BCUT2D eigenvalue weighted by Gasteiger charge is 2.20. The number of nitrogens with zero attached hydrogens (tertiary/aromatic N) is 2. The van der Waals surface area contributed by atoms with Crippen LogP contribution in [0.4, 0.5) is 5.69 Å². The van der Waals surface area contributed by atoms with Crippen molar-refractivity contribution in [3.63, 3.8) is 0 Å². The standard InChI is InChI=1S/C25H24ClN3O3S/c1-29(2)13-15-3-7-18(8-4-15)27-24(21-11-16(14-33-21)5-10-22(30)31)23-19-9-6-17(26)12-20(19)28-25(23)32/h3-4,6-9,11-12,14,28,32H,5,10,13H2,1-2H3,(H,30,31). The molecule has 2 aromatic carbocycles. The predicted molar refractivity (Wildman–Crippen MR) is 134 cm³/mol. The summed E-state index contributed by atoms with van der Waals surface area (Å²) >= 11 is 7.62. The molecule has 0 saturated heterocycles. The summed E-state index contributed by atoms with van der Waals surface area (Å²) in [5.41, 5.74) is 4.78. The number of carboxylic acids is 1. The average molecular weight is 482 g/mol. The molecule has 2 aromatic heterocycles. The van der Waals surface area contributed by atoms with Crippen molar-refractivity contribution in [3.8, 4) is 5.88 Å². The van der Waals surface area contributed by atoms with Crippen molar-refractivity contribution in [2.75, 3.05) is 14.1 Å². The first-order chi connectivity index (χ1) is 15.8. The van der Waals surface area contributed by atoms with E-state index in [9.17, 15) is 9.90 Å². The van der Waals surface area contributed by atoms with E-state index in [2.05, 4.69) is 9.88 Å². The molecule has 0 aliphatic heterocycles. The Hall–Kier alpha value is -3.13. The topological polar surface area (TPSA) is 88.9 Å². The van der Waals surface area contributed by atoms with Crippen LogP contribution in [-0.2, 0) is 17.8 Å². The van der Waals surface area contributed by atoms with E-state index in [1.807, 2.05) is 55.9 Å². The molecule has 170 valence electrons. The molecule has 6 nitrogen and oxygen atoms in total. The van der Waals surface area contributed by atoms with E-state index < -0.39 is 5.97 Å². The van der Waals surface area contributed by atoms with Crippen molar-refractivity contribution in [2.24, 2.45) is 4.99 Å². The van der Waals surface area contributed by atoms with Gasteiger partial charge < -0.3 is 20.1 Å². The third-order valence-corrected chi connectivity index (χ3v) is 6.39. The fourth-order valence-electron chi connectivity index (χ4n) is 3.68. The van der Waals surface area contributed by atoms with Gasteiger partial charge in [0.15, 0.2) is 5.88 Å². The number of halogens is 1. The molecule has 0 amide bonds. The largest absolute Gasteiger partial charge is 0.494 e. The fraction of sp³-hybridized carbons (Fsp3) is 0.200. The van der Waals surface area contributed by atoms with Crippen LogP contribution in [0.1, 0.15) is 28.0 Å². The van der Waals surface area contributed by atoms with Crippen LogP contribution in [0.2, 0.25) is 5.02 Å². The average Bonchev–Trinajstić information content (AvgIpc) is 3.35. The van der Waals surface area contributed by atoms with Crippen LogP contribution in [0.3, 0.4) is 0 Å². The van der Waals surface area contributed by atoms with Crippen LogP contribution >= 0.6 is 22.9 Å². The van der Waals surface area contributed by atoms with Gasteiger partial charge in [-0.25, -0.2) is 4.99 Å². The highest BCUT2D eigenvalue weighted by Crippen LogP contribution is 2.34. The number of aliphatic imine (C=N–C) groups is 1. The molecular formula is C25H24ClN3O3S. The Labute approximate surface area is 200 Å². The van der Waals surface area contributed by atoms with Gasteiger partial charge in [0.05, 0.1) is 27.4 Å². The molecular weight excluding hydrogens is 458 g/mol. The number of aromatic amines is 1. The summed E-state index contributed by atoms with van der Waals surface area (Å²) in [7, 11) is 4.05. The first-order valence-electron chi connectivity index (χ1n) is 10.4. The first kappa shape index (κ1) is 23.0. The van der Waals surface area contributed by atoms with E-state index in [1.165, 1.54) is 16.9 Å². The van der Waals surface area contributed by atoms with Gasteiger partial charge in [0, 0.05) is 23.4 Å². The number of aromatic nitrogens is 1. The molecule has 0 fully saturated rings. The number of nitrogens with one attached hydrogen (secondary N) is 1. The predicted octanol–water partition coefficient (Wildman–Crippen LogP) is 5.84. The molecule has 4 aromatic rings. The van der Waals surface area contributed by atoms with E-state index in [-0.39, 0.29) is 12.3 Å². The molecule has 2 heterocycles. The lowest BCUT2D eigenvalue weighted by atomic mass is 10.0. The third-order valence-electron chi connectivity index (χ3n) is 5.17. The van der Waals surface area contributed by atoms with Gasteiger partial charge in [0.2, 0.25) is 0 Å². The van der Waals surface area contributed by atoms with Gasteiger partial charge in [0.1, 0.15) is 0 Å². The van der Waals surface area contributed by atoms with E-state index in [4.69, 9.17) is 21.7 Å². The van der Waals surface area contributed by atoms with Crippen molar-refractivity contribution in [2.45, 2.75) is 19.4 Å². The highest BCUT2D eigenvalue weighted by atomic mass is 35.5. The Morgan fingerprint density at radius 3 is 2.58 bits per heavy atom. The molecule has 0 atom stereocenters. The van der Waals surface area contributed by atoms with Crippen molar-refractivity contribution < 1.29 is 15.0 Å². The van der Waals surface area contributed by atoms with E-state index in [1.54, 1.807) is 12.1 Å². The van der Waals surface area contributed by atoms with Gasteiger partial charge in [0.25, 0.3) is 0 Å². The van der Waals surface area contributed by atoms with Crippen LogP contribution in [-0.4, -0.2) is 45.9 Å². The number of aliphatic carboxylic acids is 1. The van der Waals surface area contributed by atoms with Gasteiger partial charge in [-0.15, -0.1) is 11.3 Å². The maximum atomic E-state index is 11.0. The molecule has 0 radical (unpaired) electrons. The number of aromatic hydroxyl groups is 1. The summed E-state index contributed by atoms with van der Waals surface area (Å²) in [4.78, 5) is 21.8. The van der Waals surface area contributed by atoms with Crippen molar-refractivity contribution in [1.82, 2.24) is 9.88 Å². The molecule has 8 heteroatoms.